The van der Waals surface area contributed by atoms with Crippen LogP contribution in [0.5, 0.6) is 5.75 Å². The third-order valence-electron chi connectivity index (χ3n) is 4.40. The molecule has 3 rings (SSSR count). The Balaban J connectivity index is 1.72. The number of nitrogens with one attached hydrogen (secondary N) is 1. The molecule has 6 nitrogen and oxygen atoms in total. The van der Waals surface area contributed by atoms with E-state index in [9.17, 15) is 4.79 Å². The molecule has 0 aliphatic heterocycles. The molecule has 144 valence electrons. The molecule has 0 unspecified atom stereocenters. The van der Waals surface area contributed by atoms with Gasteiger partial charge in [0.25, 0.3) is 5.91 Å². The molecular weight excluding hydrogens is 352 g/mol. The van der Waals surface area contributed by atoms with E-state index in [1.54, 1.807) is 13.3 Å². The lowest BCUT2D eigenvalue weighted by Crippen LogP contribution is -2.24. The van der Waals surface area contributed by atoms with Crippen molar-refractivity contribution in [2.24, 2.45) is 0 Å². The molecule has 0 atom stereocenters. The van der Waals surface area contributed by atoms with Gasteiger partial charge in [-0.15, -0.1) is 0 Å². The van der Waals surface area contributed by atoms with Crippen molar-refractivity contribution in [2.45, 2.75) is 20.4 Å². The number of hydrogen-bond acceptors (Lipinski definition) is 5. The number of benzene rings is 2. The summed E-state index contributed by atoms with van der Waals surface area (Å²) in [5.41, 5.74) is 3.08. The Morgan fingerprint density at radius 3 is 2.54 bits per heavy atom. The predicted molar refractivity (Wildman–Crippen MR) is 111 cm³/mol. The van der Waals surface area contributed by atoms with Crippen LogP contribution in [0.3, 0.4) is 0 Å². The van der Waals surface area contributed by atoms with Crippen LogP contribution in [-0.4, -0.2) is 29.5 Å². The van der Waals surface area contributed by atoms with Crippen LogP contribution in [0.1, 0.15) is 28.5 Å². The molecule has 0 aliphatic carbocycles. The summed E-state index contributed by atoms with van der Waals surface area (Å²) in [6, 6.07) is 15.8. The summed E-state index contributed by atoms with van der Waals surface area (Å²) in [6.45, 7) is 5.54. The van der Waals surface area contributed by atoms with E-state index < -0.39 is 0 Å². The third-order valence-corrected chi connectivity index (χ3v) is 4.40. The monoisotopic (exact) mass is 376 g/mol. The summed E-state index contributed by atoms with van der Waals surface area (Å²) in [4.78, 5) is 23.4. The van der Waals surface area contributed by atoms with E-state index in [0.29, 0.717) is 11.4 Å². The molecule has 6 heteroatoms. The first kappa shape index (κ1) is 19.4. The van der Waals surface area contributed by atoms with E-state index in [0.717, 1.165) is 24.5 Å². The fourth-order valence-electron chi connectivity index (χ4n) is 2.87. The fourth-order valence-corrected chi connectivity index (χ4v) is 2.87. The normalized spacial score (nSPS) is 10.4. The quantitative estimate of drug-likeness (QED) is 0.673. The van der Waals surface area contributed by atoms with Crippen molar-refractivity contribution in [3.63, 3.8) is 0 Å². The lowest BCUT2D eigenvalue weighted by atomic mass is 10.2. The maximum Gasteiger partial charge on any atom is 0.275 e. The van der Waals surface area contributed by atoms with Gasteiger partial charge in [0, 0.05) is 13.1 Å². The van der Waals surface area contributed by atoms with Crippen molar-refractivity contribution in [1.82, 2.24) is 9.97 Å². The first-order valence-electron chi connectivity index (χ1n) is 9.17. The van der Waals surface area contributed by atoms with Gasteiger partial charge in [0.2, 0.25) is 0 Å². The summed E-state index contributed by atoms with van der Waals surface area (Å²) in [7, 11) is 1.57. The molecular formula is C22H24N4O2. The van der Waals surface area contributed by atoms with E-state index in [2.05, 4.69) is 39.2 Å². The van der Waals surface area contributed by atoms with Crippen molar-refractivity contribution in [3.05, 3.63) is 77.7 Å². The molecule has 0 spiro atoms. The number of hydrogen-bond donors (Lipinski definition) is 1. The molecule has 1 N–H and O–H groups in total. The summed E-state index contributed by atoms with van der Waals surface area (Å²) >= 11 is 0. The number of methoxy groups -OCH3 is 1. The Bertz CT molecular complexity index is 927. The Labute approximate surface area is 165 Å². The number of anilines is 2. The largest absolute Gasteiger partial charge is 0.495 e. The van der Waals surface area contributed by atoms with Gasteiger partial charge in [-0.25, -0.2) is 9.97 Å². The first-order chi connectivity index (χ1) is 13.6. The topological polar surface area (TPSA) is 67.4 Å². The Morgan fingerprint density at radius 2 is 1.89 bits per heavy atom. The minimum atomic E-state index is -0.325. The number of aryl methyl sites for hydroxylation is 1. The lowest BCUT2D eigenvalue weighted by molar-refractivity contribution is 0.102. The Hall–Kier alpha value is -3.41. The SMILES string of the molecule is CCN(Cc1ccccc1)c1cnc(C(=O)Nc2cc(C)ccc2OC)cn1. The minimum absolute atomic E-state index is 0.253. The minimum Gasteiger partial charge on any atom is -0.495 e. The van der Waals surface area contributed by atoms with Crippen molar-refractivity contribution < 1.29 is 9.53 Å². The van der Waals surface area contributed by atoms with Gasteiger partial charge in [0.15, 0.2) is 0 Å². The molecule has 1 heterocycles. The van der Waals surface area contributed by atoms with Gasteiger partial charge in [-0.3, -0.25) is 4.79 Å². The molecule has 2 aromatic carbocycles. The van der Waals surface area contributed by atoms with Crippen LogP contribution in [0, 0.1) is 6.92 Å². The van der Waals surface area contributed by atoms with Gasteiger partial charge in [0.1, 0.15) is 17.3 Å². The zero-order chi connectivity index (χ0) is 19.9. The molecule has 0 aliphatic rings. The van der Waals surface area contributed by atoms with Crippen LogP contribution >= 0.6 is 0 Å². The third kappa shape index (κ3) is 4.65. The number of nitrogens with zero attached hydrogens (tertiary/aromatic N) is 3. The highest BCUT2D eigenvalue weighted by molar-refractivity contribution is 6.03. The van der Waals surface area contributed by atoms with E-state index in [1.807, 2.05) is 43.3 Å². The van der Waals surface area contributed by atoms with Crippen LogP contribution < -0.4 is 15.0 Å². The smallest absolute Gasteiger partial charge is 0.275 e. The summed E-state index contributed by atoms with van der Waals surface area (Å²) in [5, 5.41) is 2.84. The van der Waals surface area contributed by atoms with Gasteiger partial charge in [-0.1, -0.05) is 36.4 Å². The number of carbonyl (C=O) groups is 1. The fraction of sp³-hybridized carbons (Fsp3) is 0.227. The van der Waals surface area contributed by atoms with Crippen LogP contribution in [0.15, 0.2) is 60.9 Å². The molecule has 1 aromatic heterocycles. The second kappa shape index (κ2) is 8.99. The van der Waals surface area contributed by atoms with E-state index in [1.165, 1.54) is 11.8 Å². The summed E-state index contributed by atoms with van der Waals surface area (Å²) in [6.07, 6.45) is 3.13. The molecule has 0 saturated carbocycles. The highest BCUT2D eigenvalue weighted by Crippen LogP contribution is 2.25. The summed E-state index contributed by atoms with van der Waals surface area (Å²) < 4.78 is 5.30. The molecule has 0 saturated heterocycles. The Morgan fingerprint density at radius 1 is 1.11 bits per heavy atom. The lowest BCUT2D eigenvalue weighted by Gasteiger charge is -2.21. The van der Waals surface area contributed by atoms with Crippen LogP contribution in [-0.2, 0) is 6.54 Å². The zero-order valence-electron chi connectivity index (χ0n) is 16.3. The molecule has 1 amide bonds. The van der Waals surface area contributed by atoms with Crippen LogP contribution in [0.4, 0.5) is 11.5 Å². The number of ether oxygens (including phenoxy) is 1. The second-order valence-corrected chi connectivity index (χ2v) is 6.42. The molecule has 3 aromatic rings. The maximum atomic E-state index is 12.6. The maximum absolute atomic E-state index is 12.6. The molecule has 0 fully saturated rings. The molecule has 0 radical (unpaired) electrons. The zero-order valence-corrected chi connectivity index (χ0v) is 16.3. The number of carbonyl (C=O) groups excluding carboxylic acids is 1. The number of rotatable bonds is 7. The van der Waals surface area contributed by atoms with Crippen molar-refractivity contribution in [2.75, 3.05) is 23.9 Å². The van der Waals surface area contributed by atoms with E-state index >= 15 is 0 Å². The van der Waals surface area contributed by atoms with Gasteiger partial charge < -0.3 is 15.0 Å². The van der Waals surface area contributed by atoms with Crippen molar-refractivity contribution >= 4 is 17.4 Å². The van der Waals surface area contributed by atoms with Gasteiger partial charge in [0.05, 0.1) is 25.2 Å². The molecule has 28 heavy (non-hydrogen) atoms. The van der Waals surface area contributed by atoms with Gasteiger partial charge in [-0.2, -0.15) is 0 Å². The number of aromatic nitrogens is 2. The second-order valence-electron chi connectivity index (χ2n) is 6.42. The predicted octanol–water partition coefficient (Wildman–Crippen LogP) is 4.07. The van der Waals surface area contributed by atoms with Gasteiger partial charge in [-0.05, 0) is 37.1 Å². The Kier molecular flexibility index (Phi) is 6.22. The standard InChI is InChI=1S/C22H24N4O2/c1-4-26(15-17-8-6-5-7-9-17)21-14-23-19(13-24-21)22(27)25-18-12-16(2)10-11-20(18)28-3/h5-14H,4,15H2,1-3H3,(H,25,27). The highest BCUT2D eigenvalue weighted by atomic mass is 16.5. The average molecular weight is 376 g/mol. The summed E-state index contributed by atoms with van der Waals surface area (Å²) in [5.74, 6) is 1.01. The van der Waals surface area contributed by atoms with Crippen LogP contribution in [0.2, 0.25) is 0 Å². The highest BCUT2D eigenvalue weighted by Gasteiger charge is 2.13. The first-order valence-corrected chi connectivity index (χ1v) is 9.17. The number of amides is 1. The van der Waals surface area contributed by atoms with Gasteiger partial charge >= 0.3 is 0 Å². The van der Waals surface area contributed by atoms with Crippen molar-refractivity contribution in [3.8, 4) is 5.75 Å². The van der Waals surface area contributed by atoms with Crippen molar-refractivity contribution in [1.29, 1.82) is 0 Å². The molecule has 0 bridgehead atoms. The van der Waals surface area contributed by atoms with E-state index in [4.69, 9.17) is 4.74 Å². The van der Waals surface area contributed by atoms with E-state index in [-0.39, 0.29) is 11.6 Å². The average Bonchev–Trinajstić information content (AvgIpc) is 2.73. The van der Waals surface area contributed by atoms with Crippen LogP contribution in [0.25, 0.3) is 0 Å².